The van der Waals surface area contributed by atoms with Crippen molar-refractivity contribution in [1.82, 2.24) is 0 Å². The van der Waals surface area contributed by atoms with E-state index in [2.05, 4.69) is 0 Å². The van der Waals surface area contributed by atoms with Gasteiger partial charge in [-0.25, -0.2) is 0 Å². The summed E-state index contributed by atoms with van der Waals surface area (Å²) in [6, 6.07) is 9.34. The second kappa shape index (κ2) is 5.69. The Hall–Kier alpha value is -1.43. The predicted octanol–water partition coefficient (Wildman–Crippen LogP) is 1.15. The van der Waals surface area contributed by atoms with Crippen molar-refractivity contribution in [2.45, 2.75) is 31.0 Å². The lowest BCUT2D eigenvalue weighted by Gasteiger charge is -2.35. The largest absolute Gasteiger partial charge is 0.481 e. The number of aliphatic hydroxyl groups is 1. The van der Waals surface area contributed by atoms with E-state index in [0.29, 0.717) is 0 Å². The lowest BCUT2D eigenvalue weighted by Crippen LogP contribution is -2.45. The normalized spacial score (nSPS) is 26.0. The van der Waals surface area contributed by atoms with Crippen LogP contribution < -0.4 is 0 Å². The number of rotatable bonds is 5. The van der Waals surface area contributed by atoms with Gasteiger partial charge in [0.15, 0.2) is 0 Å². The average Bonchev–Trinajstić information content (AvgIpc) is 2.87. The SMILES string of the molecule is CC(CC(=O)O)(c1ccccc1)C1OCOC1CO. The predicted molar refractivity (Wildman–Crippen MR) is 67.7 cm³/mol. The zero-order chi connectivity index (χ0) is 13.9. The van der Waals surface area contributed by atoms with Crippen LogP contribution in [0, 0.1) is 0 Å². The minimum atomic E-state index is -0.904. The second-order valence-electron chi connectivity index (χ2n) is 4.95. The Kier molecular flexibility index (Phi) is 4.19. The fourth-order valence-electron chi connectivity index (χ4n) is 2.64. The first-order chi connectivity index (χ1) is 9.08. The third-order valence-corrected chi connectivity index (χ3v) is 3.63. The van der Waals surface area contributed by atoms with Crippen LogP contribution in [0.25, 0.3) is 0 Å². The molecule has 0 amide bonds. The molecule has 19 heavy (non-hydrogen) atoms. The second-order valence-corrected chi connectivity index (χ2v) is 4.95. The molecule has 3 unspecified atom stereocenters. The molecule has 0 radical (unpaired) electrons. The Balaban J connectivity index is 2.37. The molecule has 0 bridgehead atoms. The maximum Gasteiger partial charge on any atom is 0.304 e. The monoisotopic (exact) mass is 266 g/mol. The fourth-order valence-corrected chi connectivity index (χ4v) is 2.64. The van der Waals surface area contributed by atoms with Crippen LogP contribution in [0.4, 0.5) is 0 Å². The van der Waals surface area contributed by atoms with Gasteiger partial charge >= 0.3 is 5.97 Å². The van der Waals surface area contributed by atoms with Crippen molar-refractivity contribution in [3.63, 3.8) is 0 Å². The standard InChI is InChI=1S/C14H18O5/c1-14(7-12(16)17,10-5-3-2-4-6-10)13-11(8-15)18-9-19-13/h2-6,11,13,15H,7-9H2,1H3,(H,16,17). The Morgan fingerprint density at radius 1 is 1.37 bits per heavy atom. The van der Waals surface area contributed by atoms with Crippen molar-refractivity contribution in [2.75, 3.05) is 13.4 Å². The maximum absolute atomic E-state index is 11.2. The molecule has 104 valence electrons. The first kappa shape index (κ1) is 14.0. The van der Waals surface area contributed by atoms with Crippen molar-refractivity contribution in [1.29, 1.82) is 0 Å². The van der Waals surface area contributed by atoms with Crippen LogP contribution in [-0.4, -0.2) is 41.8 Å². The van der Waals surface area contributed by atoms with E-state index in [0.717, 1.165) is 5.56 Å². The van der Waals surface area contributed by atoms with E-state index in [1.807, 2.05) is 37.3 Å². The Bertz CT molecular complexity index is 433. The van der Waals surface area contributed by atoms with Gasteiger partial charge in [-0.05, 0) is 5.56 Å². The van der Waals surface area contributed by atoms with Crippen molar-refractivity contribution in [3.8, 4) is 0 Å². The lowest BCUT2D eigenvalue weighted by atomic mass is 9.73. The van der Waals surface area contributed by atoms with Gasteiger partial charge in [-0.15, -0.1) is 0 Å². The van der Waals surface area contributed by atoms with E-state index in [1.165, 1.54) is 0 Å². The molecule has 3 atom stereocenters. The summed E-state index contributed by atoms with van der Waals surface area (Å²) in [5.74, 6) is -0.904. The summed E-state index contributed by atoms with van der Waals surface area (Å²) < 4.78 is 10.8. The number of aliphatic hydroxyl groups excluding tert-OH is 1. The highest BCUT2D eigenvalue weighted by Gasteiger charge is 2.46. The first-order valence-corrected chi connectivity index (χ1v) is 6.19. The molecule has 0 aromatic heterocycles. The molecule has 5 heteroatoms. The van der Waals surface area contributed by atoms with Crippen LogP contribution in [0.1, 0.15) is 18.9 Å². The van der Waals surface area contributed by atoms with E-state index < -0.39 is 23.6 Å². The van der Waals surface area contributed by atoms with Gasteiger partial charge in [0, 0.05) is 5.41 Å². The van der Waals surface area contributed by atoms with E-state index in [-0.39, 0.29) is 19.8 Å². The van der Waals surface area contributed by atoms with Crippen molar-refractivity contribution in [3.05, 3.63) is 35.9 Å². The van der Waals surface area contributed by atoms with Crippen LogP contribution in [0.15, 0.2) is 30.3 Å². The summed E-state index contributed by atoms with van der Waals surface area (Å²) in [6.45, 7) is 1.73. The highest BCUT2D eigenvalue weighted by Crippen LogP contribution is 2.37. The Morgan fingerprint density at radius 3 is 2.63 bits per heavy atom. The van der Waals surface area contributed by atoms with Crippen LogP contribution in [0.5, 0.6) is 0 Å². The number of carboxylic acids is 1. The van der Waals surface area contributed by atoms with Gasteiger partial charge in [-0.2, -0.15) is 0 Å². The third kappa shape index (κ3) is 2.78. The summed E-state index contributed by atoms with van der Waals surface area (Å²) in [6.07, 6.45) is -1.05. The van der Waals surface area contributed by atoms with Crippen molar-refractivity contribution in [2.24, 2.45) is 0 Å². The molecule has 1 aromatic rings. The minimum Gasteiger partial charge on any atom is -0.481 e. The van der Waals surface area contributed by atoms with Gasteiger partial charge in [0.1, 0.15) is 12.9 Å². The van der Waals surface area contributed by atoms with Gasteiger partial charge in [0.2, 0.25) is 0 Å². The summed E-state index contributed by atoms with van der Waals surface area (Å²) in [4.78, 5) is 11.2. The van der Waals surface area contributed by atoms with Crippen LogP contribution in [-0.2, 0) is 19.7 Å². The zero-order valence-corrected chi connectivity index (χ0v) is 10.8. The zero-order valence-electron chi connectivity index (χ0n) is 10.8. The van der Waals surface area contributed by atoms with Crippen LogP contribution in [0.2, 0.25) is 0 Å². The molecule has 1 aromatic carbocycles. The van der Waals surface area contributed by atoms with Gasteiger partial charge in [0.05, 0.1) is 19.1 Å². The highest BCUT2D eigenvalue weighted by molar-refractivity contribution is 5.69. The van der Waals surface area contributed by atoms with E-state index in [9.17, 15) is 15.0 Å². The smallest absolute Gasteiger partial charge is 0.304 e. The molecule has 2 rings (SSSR count). The molecule has 1 fully saturated rings. The number of benzene rings is 1. The molecule has 1 saturated heterocycles. The minimum absolute atomic E-state index is 0.0813. The average molecular weight is 266 g/mol. The molecule has 1 aliphatic heterocycles. The van der Waals surface area contributed by atoms with Crippen molar-refractivity contribution < 1.29 is 24.5 Å². The number of carboxylic acid groups (broad SMARTS) is 1. The molecule has 1 aliphatic rings. The van der Waals surface area contributed by atoms with E-state index >= 15 is 0 Å². The summed E-state index contributed by atoms with van der Waals surface area (Å²) >= 11 is 0. The topological polar surface area (TPSA) is 76.0 Å². The summed E-state index contributed by atoms with van der Waals surface area (Å²) in [5.41, 5.74) is 0.128. The van der Waals surface area contributed by atoms with Gasteiger partial charge in [-0.1, -0.05) is 37.3 Å². The molecule has 1 heterocycles. The molecule has 5 nitrogen and oxygen atoms in total. The number of ether oxygens (including phenoxy) is 2. The summed E-state index contributed by atoms with van der Waals surface area (Å²) in [5, 5.41) is 18.5. The molecular weight excluding hydrogens is 248 g/mol. The Labute approximate surface area is 111 Å². The number of carbonyl (C=O) groups is 1. The third-order valence-electron chi connectivity index (χ3n) is 3.63. The molecule has 0 spiro atoms. The highest BCUT2D eigenvalue weighted by atomic mass is 16.7. The number of hydrogen-bond donors (Lipinski definition) is 2. The van der Waals surface area contributed by atoms with Crippen molar-refractivity contribution >= 4 is 5.97 Å². The molecular formula is C14H18O5. The Morgan fingerprint density at radius 2 is 2.05 bits per heavy atom. The van der Waals surface area contributed by atoms with E-state index in [1.54, 1.807) is 0 Å². The molecule has 0 aliphatic carbocycles. The van der Waals surface area contributed by atoms with Gasteiger partial charge < -0.3 is 19.7 Å². The van der Waals surface area contributed by atoms with Gasteiger partial charge in [0.25, 0.3) is 0 Å². The maximum atomic E-state index is 11.2. The molecule has 0 saturated carbocycles. The van der Waals surface area contributed by atoms with E-state index in [4.69, 9.17) is 9.47 Å². The number of aliphatic carboxylic acids is 1. The first-order valence-electron chi connectivity index (χ1n) is 6.19. The molecule has 2 N–H and O–H groups in total. The summed E-state index contributed by atoms with van der Waals surface area (Å²) in [7, 11) is 0. The van der Waals surface area contributed by atoms with Crippen LogP contribution in [0.3, 0.4) is 0 Å². The number of hydrogen-bond acceptors (Lipinski definition) is 4. The van der Waals surface area contributed by atoms with Gasteiger partial charge in [-0.3, -0.25) is 4.79 Å². The quantitative estimate of drug-likeness (QED) is 0.836. The fraction of sp³-hybridized carbons (Fsp3) is 0.500. The lowest BCUT2D eigenvalue weighted by molar-refractivity contribution is -0.140. The van der Waals surface area contributed by atoms with Crippen LogP contribution >= 0.6 is 0 Å².